The van der Waals surface area contributed by atoms with Gasteiger partial charge in [-0.2, -0.15) is 0 Å². The summed E-state index contributed by atoms with van der Waals surface area (Å²) >= 11 is 0. The van der Waals surface area contributed by atoms with E-state index in [-0.39, 0.29) is 0 Å². The highest BCUT2D eigenvalue weighted by molar-refractivity contribution is 5.77. The molecule has 0 radical (unpaired) electrons. The molecule has 2 saturated heterocycles. The number of likely N-dealkylation sites (tertiary alicyclic amines) is 2. The molecule has 1 unspecified atom stereocenters. The van der Waals surface area contributed by atoms with Crippen LogP contribution in [0, 0.1) is 5.41 Å². The van der Waals surface area contributed by atoms with Crippen LogP contribution >= 0.6 is 0 Å². The highest BCUT2D eigenvalue weighted by Gasteiger charge is 2.41. The lowest BCUT2D eigenvalue weighted by Crippen LogP contribution is -2.54. The summed E-state index contributed by atoms with van der Waals surface area (Å²) in [6, 6.07) is 10.5. The van der Waals surface area contributed by atoms with E-state index >= 15 is 0 Å². The van der Waals surface area contributed by atoms with Crippen molar-refractivity contribution in [3.8, 4) is 0 Å². The van der Waals surface area contributed by atoms with Crippen molar-refractivity contribution < 1.29 is 9.53 Å². The van der Waals surface area contributed by atoms with Gasteiger partial charge in [-0.05, 0) is 44.2 Å². The molecule has 1 amide bonds. The van der Waals surface area contributed by atoms with Gasteiger partial charge < -0.3 is 14.5 Å². The minimum Gasteiger partial charge on any atom is -0.385 e. The average molecular weight is 344 g/mol. The number of ether oxygens (including phenoxy) is 1. The van der Waals surface area contributed by atoms with Crippen LogP contribution in [0.1, 0.15) is 37.7 Å². The zero-order valence-corrected chi connectivity index (χ0v) is 15.6. The zero-order valence-electron chi connectivity index (χ0n) is 15.6. The minimum absolute atomic E-state index is 0.315. The second kappa shape index (κ2) is 8.81. The molecule has 0 bridgehead atoms. The number of benzene rings is 1. The Kier molecular flexibility index (Phi) is 6.49. The molecule has 2 heterocycles. The molecule has 0 aromatic heterocycles. The highest BCUT2D eigenvalue weighted by atomic mass is 16.5. The number of carbonyl (C=O) groups is 1. The number of amides is 1. The Labute approximate surface area is 152 Å². The Morgan fingerprint density at radius 3 is 2.76 bits per heavy atom. The van der Waals surface area contributed by atoms with Crippen LogP contribution in [0.25, 0.3) is 0 Å². The van der Waals surface area contributed by atoms with Crippen LogP contribution in [0.2, 0.25) is 0 Å². The van der Waals surface area contributed by atoms with Gasteiger partial charge in [0.2, 0.25) is 5.91 Å². The van der Waals surface area contributed by atoms with E-state index in [4.69, 9.17) is 4.74 Å². The monoisotopic (exact) mass is 344 g/mol. The first kappa shape index (κ1) is 18.4. The van der Waals surface area contributed by atoms with Crippen LogP contribution in [0.3, 0.4) is 0 Å². The van der Waals surface area contributed by atoms with Gasteiger partial charge >= 0.3 is 0 Å². The lowest BCUT2D eigenvalue weighted by Gasteiger charge is -2.48. The second-order valence-corrected chi connectivity index (χ2v) is 7.78. The third-order valence-electron chi connectivity index (χ3n) is 5.82. The summed E-state index contributed by atoms with van der Waals surface area (Å²) in [5, 5.41) is 0. The zero-order chi connectivity index (χ0) is 17.5. The fourth-order valence-corrected chi connectivity index (χ4v) is 4.48. The second-order valence-electron chi connectivity index (χ2n) is 7.78. The first-order valence-electron chi connectivity index (χ1n) is 9.74. The van der Waals surface area contributed by atoms with Crippen molar-refractivity contribution >= 4 is 5.91 Å². The lowest BCUT2D eigenvalue weighted by atomic mass is 9.73. The van der Waals surface area contributed by atoms with Gasteiger partial charge in [-0.3, -0.25) is 4.79 Å². The molecule has 4 heteroatoms. The SMILES string of the molecule is COCCCN1CCCC2(CCC(=O)N(CCc3ccccc3)C2)C1. The quantitative estimate of drug-likeness (QED) is 0.713. The minimum atomic E-state index is 0.315. The van der Waals surface area contributed by atoms with Gasteiger partial charge in [0.25, 0.3) is 0 Å². The van der Waals surface area contributed by atoms with Crippen LogP contribution in [0.15, 0.2) is 30.3 Å². The van der Waals surface area contributed by atoms with Gasteiger partial charge in [0, 0.05) is 51.7 Å². The fourth-order valence-electron chi connectivity index (χ4n) is 4.48. The molecule has 0 aliphatic carbocycles. The number of carbonyl (C=O) groups excluding carboxylic acids is 1. The molecule has 1 aromatic rings. The molecule has 0 N–H and O–H groups in total. The number of rotatable bonds is 7. The smallest absolute Gasteiger partial charge is 0.222 e. The van der Waals surface area contributed by atoms with Crippen molar-refractivity contribution in [2.45, 2.75) is 38.5 Å². The summed E-state index contributed by atoms with van der Waals surface area (Å²) in [5.41, 5.74) is 1.63. The Bertz CT molecular complexity index is 548. The van der Waals surface area contributed by atoms with Gasteiger partial charge in [-0.15, -0.1) is 0 Å². The Morgan fingerprint density at radius 2 is 1.96 bits per heavy atom. The maximum absolute atomic E-state index is 12.4. The Morgan fingerprint density at radius 1 is 1.12 bits per heavy atom. The predicted molar refractivity (Wildman–Crippen MR) is 101 cm³/mol. The van der Waals surface area contributed by atoms with E-state index in [9.17, 15) is 4.79 Å². The summed E-state index contributed by atoms with van der Waals surface area (Å²) in [6.45, 7) is 6.10. The molecule has 2 aliphatic heterocycles. The summed E-state index contributed by atoms with van der Waals surface area (Å²) < 4.78 is 5.20. The van der Waals surface area contributed by atoms with Crippen molar-refractivity contribution in [3.63, 3.8) is 0 Å². The molecule has 1 atom stereocenters. The fraction of sp³-hybridized carbons (Fsp3) is 0.667. The van der Waals surface area contributed by atoms with Gasteiger partial charge in [-0.1, -0.05) is 30.3 Å². The largest absolute Gasteiger partial charge is 0.385 e. The van der Waals surface area contributed by atoms with E-state index in [1.54, 1.807) is 7.11 Å². The van der Waals surface area contributed by atoms with Crippen LogP contribution in [0.5, 0.6) is 0 Å². The molecule has 2 aliphatic rings. The van der Waals surface area contributed by atoms with E-state index in [0.29, 0.717) is 11.3 Å². The summed E-state index contributed by atoms with van der Waals surface area (Å²) in [7, 11) is 1.77. The average Bonchev–Trinajstić information content (AvgIpc) is 2.64. The van der Waals surface area contributed by atoms with Crippen molar-refractivity contribution in [2.75, 3.05) is 46.4 Å². The molecule has 1 aromatic carbocycles. The normalized spacial score (nSPS) is 24.8. The predicted octanol–water partition coefficient (Wildman–Crippen LogP) is 2.97. The van der Waals surface area contributed by atoms with E-state index in [0.717, 1.165) is 58.5 Å². The van der Waals surface area contributed by atoms with Crippen LogP contribution in [0.4, 0.5) is 0 Å². The molecule has 3 rings (SSSR count). The van der Waals surface area contributed by atoms with Crippen molar-refractivity contribution in [1.82, 2.24) is 9.80 Å². The molecule has 1 spiro atoms. The summed E-state index contributed by atoms with van der Waals surface area (Å²) in [6.07, 6.45) is 6.37. The van der Waals surface area contributed by atoms with Crippen molar-refractivity contribution in [1.29, 1.82) is 0 Å². The van der Waals surface area contributed by atoms with Gasteiger partial charge in [0.05, 0.1) is 0 Å². The maximum atomic E-state index is 12.4. The first-order valence-corrected chi connectivity index (χ1v) is 9.74. The third kappa shape index (κ3) is 5.05. The Hall–Kier alpha value is -1.39. The van der Waals surface area contributed by atoms with Crippen LogP contribution < -0.4 is 0 Å². The lowest BCUT2D eigenvalue weighted by molar-refractivity contribution is -0.139. The maximum Gasteiger partial charge on any atom is 0.222 e. The van der Waals surface area contributed by atoms with Gasteiger partial charge in [0.15, 0.2) is 0 Å². The standard InChI is InChI=1S/C21H32N2O2/c1-25-16-6-14-22-13-5-11-21(17-22)12-9-20(24)23(18-21)15-10-19-7-3-2-4-8-19/h2-4,7-8H,5-6,9-18H2,1H3. The Balaban J connectivity index is 1.56. The summed E-state index contributed by atoms with van der Waals surface area (Å²) in [4.78, 5) is 17.2. The molecule has 0 saturated carbocycles. The van der Waals surface area contributed by atoms with Crippen molar-refractivity contribution in [3.05, 3.63) is 35.9 Å². The number of nitrogens with zero attached hydrogens (tertiary/aromatic N) is 2. The first-order chi connectivity index (χ1) is 12.2. The topological polar surface area (TPSA) is 32.8 Å². The van der Waals surface area contributed by atoms with Gasteiger partial charge in [-0.25, -0.2) is 0 Å². The molecule has 4 nitrogen and oxygen atoms in total. The number of hydrogen-bond donors (Lipinski definition) is 0. The molecular weight excluding hydrogens is 312 g/mol. The van der Waals surface area contributed by atoms with E-state index in [1.165, 1.54) is 24.9 Å². The van der Waals surface area contributed by atoms with E-state index in [1.807, 2.05) is 6.07 Å². The third-order valence-corrected chi connectivity index (χ3v) is 5.82. The van der Waals surface area contributed by atoms with E-state index in [2.05, 4.69) is 34.1 Å². The number of hydrogen-bond acceptors (Lipinski definition) is 3. The van der Waals surface area contributed by atoms with Crippen molar-refractivity contribution in [2.24, 2.45) is 5.41 Å². The van der Waals surface area contributed by atoms with Crippen LogP contribution in [-0.4, -0.2) is 62.1 Å². The molecule has 138 valence electrons. The number of piperidine rings is 2. The van der Waals surface area contributed by atoms with Gasteiger partial charge in [0.1, 0.15) is 0 Å². The molecule has 2 fully saturated rings. The molecular formula is C21H32N2O2. The summed E-state index contributed by atoms with van der Waals surface area (Å²) in [5.74, 6) is 0.345. The van der Waals surface area contributed by atoms with Crippen LogP contribution in [-0.2, 0) is 16.0 Å². The highest BCUT2D eigenvalue weighted by Crippen LogP contribution is 2.38. The molecule has 25 heavy (non-hydrogen) atoms. The number of methoxy groups -OCH3 is 1. The van der Waals surface area contributed by atoms with E-state index < -0.39 is 0 Å².